The molecule has 0 bridgehead atoms. The summed E-state index contributed by atoms with van der Waals surface area (Å²) >= 11 is 3.57. The monoisotopic (exact) mass is 339 g/mol. The van der Waals surface area contributed by atoms with Crippen molar-refractivity contribution < 1.29 is 4.79 Å². The van der Waals surface area contributed by atoms with Crippen LogP contribution in [0.25, 0.3) is 0 Å². The van der Waals surface area contributed by atoms with E-state index in [1.807, 2.05) is 0 Å². The Morgan fingerprint density at radius 2 is 2.00 bits per heavy atom. The Labute approximate surface area is 141 Å². The summed E-state index contributed by atoms with van der Waals surface area (Å²) in [6.07, 6.45) is 1.08. The van der Waals surface area contributed by atoms with Gasteiger partial charge in [0.2, 0.25) is 5.91 Å². The van der Waals surface area contributed by atoms with Crippen LogP contribution >= 0.6 is 23.1 Å². The summed E-state index contributed by atoms with van der Waals surface area (Å²) in [7, 11) is 2.19. The average molecular weight is 340 g/mol. The third-order valence-corrected chi connectivity index (χ3v) is 7.00. The van der Waals surface area contributed by atoms with Gasteiger partial charge in [0.15, 0.2) is 0 Å². The lowest BCUT2D eigenvalue weighted by Gasteiger charge is -2.33. The summed E-state index contributed by atoms with van der Waals surface area (Å²) < 4.78 is 0. The minimum Gasteiger partial charge on any atom is -0.325 e. The number of rotatable bonds is 5. The summed E-state index contributed by atoms with van der Waals surface area (Å²) in [5, 5.41) is 2.39. The predicted octanol–water partition coefficient (Wildman–Crippen LogP) is 2.27. The van der Waals surface area contributed by atoms with Crippen molar-refractivity contribution in [3.63, 3.8) is 0 Å². The Morgan fingerprint density at radius 3 is 2.68 bits per heavy atom. The van der Waals surface area contributed by atoms with Gasteiger partial charge in [0.05, 0.1) is 5.75 Å². The van der Waals surface area contributed by atoms with E-state index in [-0.39, 0.29) is 5.37 Å². The number of hydrogen-bond donors (Lipinski definition) is 0. The molecule has 0 aromatic carbocycles. The molecule has 0 N–H and O–H groups in total. The van der Waals surface area contributed by atoms with E-state index in [0.717, 1.165) is 45.7 Å². The predicted molar refractivity (Wildman–Crippen MR) is 94.5 cm³/mol. The van der Waals surface area contributed by atoms with Gasteiger partial charge in [-0.25, -0.2) is 0 Å². The van der Waals surface area contributed by atoms with Crippen LogP contribution in [0.1, 0.15) is 22.2 Å². The molecule has 1 aromatic heterocycles. The van der Waals surface area contributed by atoms with Crippen LogP contribution in [0.15, 0.2) is 11.4 Å². The van der Waals surface area contributed by atoms with E-state index >= 15 is 0 Å². The summed E-state index contributed by atoms with van der Waals surface area (Å²) in [6, 6.07) is 2.16. The summed E-state index contributed by atoms with van der Waals surface area (Å²) in [6.45, 7) is 8.79. The molecule has 1 unspecified atom stereocenters. The fraction of sp³-hybridized carbons (Fsp3) is 0.688. The minimum atomic E-state index is 0.250. The number of thiophene rings is 1. The van der Waals surface area contributed by atoms with Crippen LogP contribution in [-0.4, -0.2) is 72.7 Å². The molecular weight excluding hydrogens is 314 g/mol. The van der Waals surface area contributed by atoms with Gasteiger partial charge in [-0.05, 0) is 43.9 Å². The van der Waals surface area contributed by atoms with Crippen LogP contribution in [0.3, 0.4) is 0 Å². The largest absolute Gasteiger partial charge is 0.325 e. The van der Waals surface area contributed by atoms with Crippen molar-refractivity contribution in [2.75, 3.05) is 52.1 Å². The number of nitrogens with zero attached hydrogens (tertiary/aromatic N) is 3. The van der Waals surface area contributed by atoms with Gasteiger partial charge < -0.3 is 14.7 Å². The van der Waals surface area contributed by atoms with Crippen LogP contribution in [0.5, 0.6) is 0 Å². The Bertz CT molecular complexity index is 511. The SMILES string of the molecule is Cc1ccsc1C1SCC(=O)N1CCCN1CCN(C)CC1. The fourth-order valence-electron chi connectivity index (χ4n) is 3.09. The molecule has 6 heteroatoms. The molecule has 1 atom stereocenters. The zero-order chi connectivity index (χ0) is 15.5. The first-order chi connectivity index (χ1) is 10.6. The highest BCUT2D eigenvalue weighted by molar-refractivity contribution is 8.00. The topological polar surface area (TPSA) is 26.8 Å². The van der Waals surface area contributed by atoms with Crippen LogP contribution in [0.4, 0.5) is 0 Å². The Balaban J connectivity index is 1.52. The number of thioether (sulfide) groups is 1. The van der Waals surface area contributed by atoms with Gasteiger partial charge in [-0.15, -0.1) is 23.1 Å². The molecule has 1 amide bonds. The second-order valence-electron chi connectivity index (χ2n) is 6.22. The molecule has 0 aliphatic carbocycles. The van der Waals surface area contributed by atoms with E-state index in [0.29, 0.717) is 11.7 Å². The minimum absolute atomic E-state index is 0.250. The van der Waals surface area contributed by atoms with E-state index in [9.17, 15) is 4.79 Å². The molecule has 2 aliphatic rings. The molecule has 0 radical (unpaired) electrons. The molecule has 122 valence electrons. The van der Waals surface area contributed by atoms with E-state index in [1.165, 1.54) is 10.4 Å². The maximum absolute atomic E-state index is 12.2. The Hall–Kier alpha value is -0.560. The third-order valence-electron chi connectivity index (χ3n) is 4.56. The van der Waals surface area contributed by atoms with Gasteiger partial charge in [-0.2, -0.15) is 0 Å². The number of likely N-dealkylation sites (N-methyl/N-ethyl adjacent to an activating group) is 1. The van der Waals surface area contributed by atoms with E-state index < -0.39 is 0 Å². The molecule has 3 heterocycles. The maximum atomic E-state index is 12.2. The van der Waals surface area contributed by atoms with Gasteiger partial charge in [-0.3, -0.25) is 4.79 Å². The second kappa shape index (κ2) is 7.34. The van der Waals surface area contributed by atoms with Gasteiger partial charge in [0, 0.05) is 37.6 Å². The number of carbonyl (C=O) groups is 1. The van der Waals surface area contributed by atoms with Gasteiger partial charge >= 0.3 is 0 Å². The quantitative estimate of drug-likeness (QED) is 0.822. The Kier molecular flexibility index (Phi) is 5.44. The van der Waals surface area contributed by atoms with Crippen molar-refractivity contribution in [3.8, 4) is 0 Å². The molecule has 0 saturated carbocycles. The van der Waals surface area contributed by atoms with Crippen LogP contribution in [0, 0.1) is 6.92 Å². The van der Waals surface area contributed by atoms with Crippen LogP contribution in [-0.2, 0) is 4.79 Å². The van der Waals surface area contributed by atoms with Crippen LogP contribution in [0.2, 0.25) is 0 Å². The lowest BCUT2D eigenvalue weighted by molar-refractivity contribution is -0.128. The molecule has 2 fully saturated rings. The maximum Gasteiger partial charge on any atom is 0.233 e. The molecule has 2 aliphatic heterocycles. The van der Waals surface area contributed by atoms with Crippen molar-refractivity contribution in [2.45, 2.75) is 18.7 Å². The highest BCUT2D eigenvalue weighted by atomic mass is 32.2. The van der Waals surface area contributed by atoms with E-state index in [2.05, 4.69) is 40.1 Å². The molecular formula is C16H25N3OS2. The number of hydrogen-bond acceptors (Lipinski definition) is 5. The van der Waals surface area contributed by atoms with Crippen molar-refractivity contribution in [3.05, 3.63) is 21.9 Å². The van der Waals surface area contributed by atoms with E-state index in [1.54, 1.807) is 23.1 Å². The summed E-state index contributed by atoms with van der Waals surface area (Å²) in [5.74, 6) is 0.942. The third kappa shape index (κ3) is 3.67. The van der Waals surface area contributed by atoms with Gasteiger partial charge in [0.1, 0.15) is 5.37 Å². The fourth-order valence-corrected chi connectivity index (χ4v) is 5.58. The van der Waals surface area contributed by atoms with Crippen molar-refractivity contribution in [1.82, 2.24) is 14.7 Å². The number of aryl methyl sites for hydroxylation is 1. The zero-order valence-corrected chi connectivity index (χ0v) is 15.1. The molecule has 3 rings (SSSR count). The highest BCUT2D eigenvalue weighted by Crippen LogP contribution is 2.42. The molecule has 4 nitrogen and oxygen atoms in total. The number of amides is 1. The molecule has 0 spiro atoms. The highest BCUT2D eigenvalue weighted by Gasteiger charge is 2.33. The lowest BCUT2D eigenvalue weighted by Crippen LogP contribution is -2.45. The van der Waals surface area contributed by atoms with Gasteiger partial charge in [0.25, 0.3) is 0 Å². The normalized spacial score (nSPS) is 24.4. The average Bonchev–Trinajstić information content (AvgIpc) is 3.08. The zero-order valence-electron chi connectivity index (χ0n) is 13.5. The van der Waals surface area contributed by atoms with Gasteiger partial charge in [-0.1, -0.05) is 0 Å². The summed E-state index contributed by atoms with van der Waals surface area (Å²) in [4.78, 5) is 20.6. The summed E-state index contributed by atoms with van der Waals surface area (Å²) in [5.41, 5.74) is 1.32. The molecule has 22 heavy (non-hydrogen) atoms. The Morgan fingerprint density at radius 1 is 1.23 bits per heavy atom. The standard InChI is InChI=1S/C16H25N3OS2/c1-13-4-11-21-15(13)16-19(14(20)12-22-16)6-3-5-18-9-7-17(2)8-10-18/h4,11,16H,3,5-10,12H2,1-2H3. The van der Waals surface area contributed by atoms with Crippen molar-refractivity contribution >= 4 is 29.0 Å². The van der Waals surface area contributed by atoms with Crippen LogP contribution < -0.4 is 0 Å². The number of carbonyl (C=O) groups excluding carboxylic acids is 1. The molecule has 2 saturated heterocycles. The molecule has 1 aromatic rings. The first-order valence-corrected chi connectivity index (χ1v) is 9.94. The first kappa shape index (κ1) is 16.3. The number of piperazine rings is 1. The smallest absolute Gasteiger partial charge is 0.233 e. The second-order valence-corrected chi connectivity index (χ2v) is 8.23. The van der Waals surface area contributed by atoms with Crippen molar-refractivity contribution in [2.24, 2.45) is 0 Å². The first-order valence-electron chi connectivity index (χ1n) is 8.01. The lowest BCUT2D eigenvalue weighted by atomic mass is 10.2. The van der Waals surface area contributed by atoms with Crippen molar-refractivity contribution in [1.29, 1.82) is 0 Å². The van der Waals surface area contributed by atoms with E-state index in [4.69, 9.17) is 0 Å².